The first-order chi connectivity index (χ1) is 10.7. The highest BCUT2D eigenvalue weighted by molar-refractivity contribution is 14.0. The van der Waals surface area contributed by atoms with Crippen LogP contribution in [0.3, 0.4) is 0 Å². The number of rotatable bonds is 6. The van der Waals surface area contributed by atoms with Crippen LogP contribution >= 0.6 is 35.3 Å². The predicted octanol–water partition coefficient (Wildman–Crippen LogP) is 3.40. The Morgan fingerprint density at radius 3 is 2.61 bits per heavy atom. The smallest absolute Gasteiger partial charge is 0.191 e. The average Bonchev–Trinajstić information content (AvgIpc) is 3.09. The highest BCUT2D eigenvalue weighted by Gasteiger charge is 2.09. The van der Waals surface area contributed by atoms with Gasteiger partial charge in [0.2, 0.25) is 0 Å². The highest BCUT2D eigenvalue weighted by atomic mass is 127. The third-order valence-electron chi connectivity index (χ3n) is 3.13. The van der Waals surface area contributed by atoms with Crippen molar-refractivity contribution in [3.05, 3.63) is 52.7 Å². The first-order valence-corrected chi connectivity index (χ1v) is 9.34. The van der Waals surface area contributed by atoms with E-state index in [2.05, 4.69) is 34.0 Å². The summed E-state index contributed by atoms with van der Waals surface area (Å²) in [6, 6.07) is 13.9. The molecule has 2 unspecified atom stereocenters. The van der Waals surface area contributed by atoms with Gasteiger partial charge in [-0.2, -0.15) is 0 Å². The Kier molecular flexibility index (Phi) is 9.42. The van der Waals surface area contributed by atoms with Crippen LogP contribution in [-0.4, -0.2) is 29.5 Å². The lowest BCUT2D eigenvalue weighted by Crippen LogP contribution is -2.40. The number of halogens is 1. The van der Waals surface area contributed by atoms with Gasteiger partial charge >= 0.3 is 0 Å². The largest absolute Gasteiger partial charge is 0.355 e. The molecule has 0 radical (unpaired) electrons. The summed E-state index contributed by atoms with van der Waals surface area (Å²) in [5.74, 6) is 1.28. The van der Waals surface area contributed by atoms with Crippen molar-refractivity contribution >= 4 is 52.1 Å². The molecular formula is C16H22IN3OS2. The molecule has 1 aromatic carbocycles. The molecule has 0 aliphatic rings. The zero-order chi connectivity index (χ0) is 15.8. The van der Waals surface area contributed by atoms with Gasteiger partial charge in [0.1, 0.15) is 0 Å². The Bertz CT molecular complexity index is 618. The van der Waals surface area contributed by atoms with E-state index < -0.39 is 10.8 Å². The van der Waals surface area contributed by atoms with Gasteiger partial charge in [-0.15, -0.1) is 35.3 Å². The molecule has 0 aliphatic carbocycles. The molecule has 0 fully saturated rings. The highest BCUT2D eigenvalue weighted by Crippen LogP contribution is 2.17. The third-order valence-corrected chi connectivity index (χ3v) is 5.56. The Balaban J connectivity index is 0.00000264. The first kappa shape index (κ1) is 20.1. The Hall–Kier alpha value is -0.930. The zero-order valence-corrected chi connectivity index (χ0v) is 17.2. The molecule has 126 valence electrons. The van der Waals surface area contributed by atoms with Crippen LogP contribution in [0, 0.1) is 0 Å². The fraction of sp³-hybridized carbons (Fsp3) is 0.312. The molecule has 7 heteroatoms. The van der Waals surface area contributed by atoms with E-state index >= 15 is 0 Å². The van der Waals surface area contributed by atoms with Crippen molar-refractivity contribution in [2.45, 2.75) is 17.9 Å². The SMILES string of the molecule is CN=C(NCCS(=O)c1ccccc1)NC(C)c1cccs1.I. The molecule has 2 N–H and O–H groups in total. The molecule has 0 aliphatic heterocycles. The molecular weight excluding hydrogens is 441 g/mol. The number of thiophene rings is 1. The van der Waals surface area contributed by atoms with Crippen molar-refractivity contribution in [1.82, 2.24) is 10.6 Å². The maximum Gasteiger partial charge on any atom is 0.191 e. The van der Waals surface area contributed by atoms with Gasteiger partial charge in [-0.3, -0.25) is 9.20 Å². The van der Waals surface area contributed by atoms with E-state index in [9.17, 15) is 4.21 Å². The van der Waals surface area contributed by atoms with Crippen LogP contribution in [0.25, 0.3) is 0 Å². The van der Waals surface area contributed by atoms with Crippen molar-refractivity contribution in [2.24, 2.45) is 4.99 Å². The average molecular weight is 463 g/mol. The molecule has 0 saturated heterocycles. The number of hydrogen-bond acceptors (Lipinski definition) is 3. The second-order valence-electron chi connectivity index (χ2n) is 4.74. The number of aliphatic imine (C=N–C) groups is 1. The van der Waals surface area contributed by atoms with E-state index in [4.69, 9.17) is 0 Å². The fourth-order valence-electron chi connectivity index (χ4n) is 1.96. The van der Waals surface area contributed by atoms with Gasteiger partial charge < -0.3 is 10.6 Å². The van der Waals surface area contributed by atoms with E-state index in [0.29, 0.717) is 12.3 Å². The molecule has 0 bridgehead atoms. The molecule has 0 amide bonds. The van der Waals surface area contributed by atoms with Crippen LogP contribution in [-0.2, 0) is 10.8 Å². The van der Waals surface area contributed by atoms with Crippen molar-refractivity contribution in [3.8, 4) is 0 Å². The van der Waals surface area contributed by atoms with Crippen LogP contribution in [0.2, 0.25) is 0 Å². The van der Waals surface area contributed by atoms with Crippen LogP contribution < -0.4 is 10.6 Å². The van der Waals surface area contributed by atoms with Gasteiger partial charge in [-0.25, -0.2) is 0 Å². The van der Waals surface area contributed by atoms with Crippen LogP contribution in [0.4, 0.5) is 0 Å². The summed E-state index contributed by atoms with van der Waals surface area (Å²) in [6.07, 6.45) is 0. The number of nitrogens with zero attached hydrogens (tertiary/aromatic N) is 1. The van der Waals surface area contributed by atoms with Gasteiger partial charge in [0.05, 0.1) is 16.8 Å². The molecule has 23 heavy (non-hydrogen) atoms. The summed E-state index contributed by atoms with van der Waals surface area (Å²) in [6.45, 7) is 2.71. The molecule has 4 nitrogen and oxygen atoms in total. The minimum Gasteiger partial charge on any atom is -0.355 e. The van der Waals surface area contributed by atoms with Crippen LogP contribution in [0.5, 0.6) is 0 Å². The van der Waals surface area contributed by atoms with Crippen molar-refractivity contribution < 1.29 is 4.21 Å². The van der Waals surface area contributed by atoms with E-state index in [0.717, 1.165) is 10.9 Å². The van der Waals surface area contributed by atoms with Gasteiger partial charge in [0.25, 0.3) is 0 Å². The Labute approximate surface area is 161 Å². The summed E-state index contributed by atoms with van der Waals surface area (Å²) >= 11 is 1.72. The number of benzene rings is 1. The summed E-state index contributed by atoms with van der Waals surface area (Å²) in [4.78, 5) is 6.33. The number of hydrogen-bond donors (Lipinski definition) is 2. The Morgan fingerprint density at radius 2 is 2.00 bits per heavy atom. The van der Waals surface area contributed by atoms with Crippen LogP contribution in [0.1, 0.15) is 17.8 Å². The maximum absolute atomic E-state index is 12.1. The predicted molar refractivity (Wildman–Crippen MR) is 110 cm³/mol. The molecule has 0 spiro atoms. The van der Waals surface area contributed by atoms with Gasteiger partial charge in [0.15, 0.2) is 5.96 Å². The van der Waals surface area contributed by atoms with Gasteiger partial charge in [0, 0.05) is 29.1 Å². The Morgan fingerprint density at radius 1 is 1.26 bits per heavy atom. The minimum absolute atomic E-state index is 0. The molecule has 2 atom stereocenters. The van der Waals surface area contributed by atoms with E-state index in [1.54, 1.807) is 18.4 Å². The van der Waals surface area contributed by atoms with Crippen molar-refractivity contribution in [2.75, 3.05) is 19.3 Å². The standard InChI is InChI=1S/C16H21N3OS2.HI/c1-13(15-9-6-11-21-15)19-16(17-2)18-10-12-22(20)14-7-4-3-5-8-14;/h3-9,11,13H,10,12H2,1-2H3,(H2,17,18,19);1H. The lowest BCUT2D eigenvalue weighted by atomic mass is 10.3. The lowest BCUT2D eigenvalue weighted by Gasteiger charge is -2.16. The normalized spacial score (nSPS) is 13.7. The fourth-order valence-corrected chi connectivity index (χ4v) is 3.68. The third kappa shape index (κ3) is 6.60. The van der Waals surface area contributed by atoms with Crippen molar-refractivity contribution in [3.63, 3.8) is 0 Å². The molecule has 2 aromatic rings. The topological polar surface area (TPSA) is 53.5 Å². The van der Waals surface area contributed by atoms with Gasteiger partial charge in [-0.1, -0.05) is 24.3 Å². The minimum atomic E-state index is -0.987. The second kappa shape index (κ2) is 10.8. The zero-order valence-electron chi connectivity index (χ0n) is 13.2. The quantitative estimate of drug-likeness (QED) is 0.392. The maximum atomic E-state index is 12.1. The van der Waals surface area contributed by atoms with Crippen molar-refractivity contribution in [1.29, 1.82) is 0 Å². The van der Waals surface area contributed by atoms with Crippen LogP contribution in [0.15, 0.2) is 57.7 Å². The molecule has 1 heterocycles. The molecule has 0 saturated carbocycles. The monoisotopic (exact) mass is 463 g/mol. The van der Waals surface area contributed by atoms with E-state index in [-0.39, 0.29) is 30.0 Å². The second-order valence-corrected chi connectivity index (χ2v) is 7.29. The first-order valence-electron chi connectivity index (χ1n) is 7.14. The van der Waals surface area contributed by atoms with E-state index in [1.807, 2.05) is 36.4 Å². The number of nitrogens with one attached hydrogen (secondary N) is 2. The lowest BCUT2D eigenvalue weighted by molar-refractivity contribution is 0.678. The summed E-state index contributed by atoms with van der Waals surface area (Å²) in [5.41, 5.74) is 0. The number of guanidine groups is 1. The molecule has 2 rings (SSSR count). The van der Waals surface area contributed by atoms with Gasteiger partial charge in [-0.05, 0) is 30.5 Å². The summed E-state index contributed by atoms with van der Waals surface area (Å²) in [5, 5.41) is 8.61. The summed E-state index contributed by atoms with van der Waals surface area (Å²) in [7, 11) is 0.753. The molecule has 1 aromatic heterocycles. The van der Waals surface area contributed by atoms with E-state index in [1.165, 1.54) is 4.88 Å². The summed E-state index contributed by atoms with van der Waals surface area (Å²) < 4.78 is 12.1.